The fraction of sp³-hybridized carbons (Fsp3) is 0.814. The molecular formula is C70H126O6. The van der Waals surface area contributed by atoms with Gasteiger partial charge >= 0.3 is 17.9 Å². The summed E-state index contributed by atoms with van der Waals surface area (Å²) in [4.78, 5) is 38.3. The fourth-order valence-corrected chi connectivity index (χ4v) is 9.79. The molecule has 0 aliphatic rings. The quantitative estimate of drug-likeness (QED) is 0.0261. The third-order valence-electron chi connectivity index (χ3n) is 14.8. The van der Waals surface area contributed by atoms with E-state index in [-0.39, 0.29) is 31.1 Å². The van der Waals surface area contributed by atoms with Crippen LogP contribution in [0.15, 0.2) is 60.8 Å². The lowest BCUT2D eigenvalue weighted by molar-refractivity contribution is -0.167. The smallest absolute Gasteiger partial charge is 0.306 e. The van der Waals surface area contributed by atoms with Gasteiger partial charge in [-0.3, -0.25) is 14.4 Å². The average molecular weight is 1060 g/mol. The number of allylic oxidation sites excluding steroid dienone is 10. The first kappa shape index (κ1) is 73.1. The van der Waals surface area contributed by atoms with Crippen molar-refractivity contribution in [2.24, 2.45) is 0 Å². The van der Waals surface area contributed by atoms with Crippen LogP contribution in [0.25, 0.3) is 0 Å². The van der Waals surface area contributed by atoms with Gasteiger partial charge in [0.25, 0.3) is 0 Å². The minimum absolute atomic E-state index is 0.0710. The summed E-state index contributed by atoms with van der Waals surface area (Å²) in [6.07, 6.45) is 82.3. The number of esters is 3. The van der Waals surface area contributed by atoms with Crippen molar-refractivity contribution in [2.45, 2.75) is 354 Å². The number of ether oxygens (including phenoxy) is 3. The van der Waals surface area contributed by atoms with Gasteiger partial charge in [-0.2, -0.15) is 0 Å². The number of unbranched alkanes of at least 4 members (excludes halogenated alkanes) is 40. The topological polar surface area (TPSA) is 78.9 Å². The van der Waals surface area contributed by atoms with Crippen molar-refractivity contribution in [3.05, 3.63) is 60.8 Å². The van der Waals surface area contributed by atoms with E-state index in [0.717, 1.165) is 83.5 Å². The summed E-state index contributed by atoms with van der Waals surface area (Å²) in [7, 11) is 0. The molecule has 1 atom stereocenters. The summed E-state index contributed by atoms with van der Waals surface area (Å²) in [6, 6.07) is 0. The van der Waals surface area contributed by atoms with Crippen LogP contribution in [0.1, 0.15) is 348 Å². The molecule has 0 fully saturated rings. The molecule has 6 nitrogen and oxygen atoms in total. The summed E-state index contributed by atoms with van der Waals surface area (Å²) in [5.74, 6) is -0.855. The third kappa shape index (κ3) is 62.0. The highest BCUT2D eigenvalue weighted by Gasteiger charge is 2.19. The predicted octanol–water partition coefficient (Wildman–Crippen LogP) is 22.7. The lowest BCUT2D eigenvalue weighted by atomic mass is 10.0. The maximum atomic E-state index is 12.9. The van der Waals surface area contributed by atoms with E-state index in [0.29, 0.717) is 19.3 Å². The summed E-state index contributed by atoms with van der Waals surface area (Å²) < 4.78 is 17.0. The molecule has 0 amide bonds. The standard InChI is InChI=1S/C70H126O6/c1-4-7-10-13-16-19-22-25-27-29-31-33-34-35-36-38-39-41-43-45-48-51-54-57-60-63-69(72)75-66-67(65-74-68(71)62-59-56-53-50-47-24-21-18-15-12-9-6-3)76-70(73)64-61-58-55-52-49-46-44-42-40-37-32-30-28-26-23-20-17-14-11-8-5-2/h7,10,16,19,25,27,30-33,67H,4-6,8-9,11-15,17-18,20-24,26,28-29,34-66H2,1-3H3/b10-7-,19-16-,27-25-,32-30-,33-31-. The van der Waals surface area contributed by atoms with E-state index in [9.17, 15) is 14.4 Å². The third-order valence-corrected chi connectivity index (χ3v) is 14.8. The molecular weight excluding hydrogens is 937 g/mol. The Labute approximate surface area is 472 Å². The molecule has 0 aromatic heterocycles. The molecule has 0 aromatic rings. The van der Waals surface area contributed by atoms with Crippen LogP contribution in [0.3, 0.4) is 0 Å². The van der Waals surface area contributed by atoms with Gasteiger partial charge < -0.3 is 14.2 Å². The van der Waals surface area contributed by atoms with Gasteiger partial charge in [0.1, 0.15) is 13.2 Å². The van der Waals surface area contributed by atoms with Crippen LogP contribution >= 0.6 is 0 Å². The van der Waals surface area contributed by atoms with Crippen molar-refractivity contribution >= 4 is 17.9 Å². The molecule has 0 saturated carbocycles. The van der Waals surface area contributed by atoms with Gasteiger partial charge in [0.2, 0.25) is 0 Å². The van der Waals surface area contributed by atoms with Gasteiger partial charge in [-0.1, -0.05) is 306 Å². The first-order chi connectivity index (χ1) is 37.5. The first-order valence-corrected chi connectivity index (χ1v) is 33.3. The van der Waals surface area contributed by atoms with E-state index in [1.54, 1.807) is 0 Å². The van der Waals surface area contributed by atoms with Gasteiger partial charge in [0.05, 0.1) is 0 Å². The molecule has 0 rings (SSSR count). The summed E-state index contributed by atoms with van der Waals surface area (Å²) >= 11 is 0. The normalized spacial score (nSPS) is 12.4. The lowest BCUT2D eigenvalue weighted by Crippen LogP contribution is -2.30. The number of hydrogen-bond acceptors (Lipinski definition) is 6. The van der Waals surface area contributed by atoms with Gasteiger partial charge in [-0.05, 0) is 83.5 Å². The number of hydrogen-bond donors (Lipinski definition) is 0. The van der Waals surface area contributed by atoms with Crippen molar-refractivity contribution < 1.29 is 28.6 Å². The van der Waals surface area contributed by atoms with Crippen molar-refractivity contribution in [2.75, 3.05) is 13.2 Å². The van der Waals surface area contributed by atoms with Crippen molar-refractivity contribution in [1.82, 2.24) is 0 Å². The Balaban J connectivity index is 4.26. The molecule has 0 saturated heterocycles. The predicted molar refractivity (Wildman–Crippen MR) is 330 cm³/mol. The minimum Gasteiger partial charge on any atom is -0.462 e. The van der Waals surface area contributed by atoms with E-state index >= 15 is 0 Å². The molecule has 0 bridgehead atoms. The van der Waals surface area contributed by atoms with E-state index in [4.69, 9.17) is 14.2 Å². The second-order valence-corrected chi connectivity index (χ2v) is 22.4. The summed E-state index contributed by atoms with van der Waals surface area (Å²) in [5, 5.41) is 0. The number of carbonyl (C=O) groups excluding carboxylic acids is 3. The minimum atomic E-state index is -0.774. The molecule has 0 aliphatic carbocycles. The van der Waals surface area contributed by atoms with E-state index in [1.807, 2.05) is 0 Å². The monoisotopic (exact) mass is 1060 g/mol. The Morgan fingerprint density at radius 1 is 0.276 bits per heavy atom. The Bertz CT molecular complexity index is 1360. The molecule has 0 radical (unpaired) electrons. The Kier molecular flexibility index (Phi) is 62.2. The second-order valence-electron chi connectivity index (χ2n) is 22.4. The molecule has 0 aliphatic heterocycles. The molecule has 0 spiro atoms. The van der Waals surface area contributed by atoms with Crippen LogP contribution in [0.5, 0.6) is 0 Å². The van der Waals surface area contributed by atoms with Crippen molar-refractivity contribution in [3.63, 3.8) is 0 Å². The van der Waals surface area contributed by atoms with Crippen molar-refractivity contribution in [3.8, 4) is 0 Å². The highest BCUT2D eigenvalue weighted by molar-refractivity contribution is 5.71. The zero-order valence-electron chi connectivity index (χ0n) is 50.8. The maximum Gasteiger partial charge on any atom is 0.306 e. The fourth-order valence-electron chi connectivity index (χ4n) is 9.79. The molecule has 1 unspecified atom stereocenters. The SMILES string of the molecule is CC/C=C\C/C=C\C/C=C\C/C=C\CCCCCCCCCCCCCCC(=O)OCC(COC(=O)CCCCCCCCCCCCCC)OC(=O)CCCCCCCCCCC/C=C\CCCCCCCCCC. The van der Waals surface area contributed by atoms with Crippen molar-refractivity contribution in [1.29, 1.82) is 0 Å². The van der Waals surface area contributed by atoms with Crippen LogP contribution in [0, 0.1) is 0 Å². The second kappa shape index (κ2) is 64.6. The van der Waals surface area contributed by atoms with E-state index < -0.39 is 6.10 Å². The first-order valence-electron chi connectivity index (χ1n) is 33.3. The van der Waals surface area contributed by atoms with Gasteiger partial charge in [-0.25, -0.2) is 0 Å². The van der Waals surface area contributed by atoms with E-state index in [2.05, 4.69) is 81.5 Å². The summed E-state index contributed by atoms with van der Waals surface area (Å²) in [5.41, 5.74) is 0. The zero-order chi connectivity index (χ0) is 55.0. The number of rotatable bonds is 61. The van der Waals surface area contributed by atoms with Gasteiger partial charge in [0, 0.05) is 19.3 Å². The maximum absolute atomic E-state index is 12.9. The average Bonchev–Trinajstić information content (AvgIpc) is 3.42. The molecule has 76 heavy (non-hydrogen) atoms. The highest BCUT2D eigenvalue weighted by atomic mass is 16.6. The largest absolute Gasteiger partial charge is 0.462 e. The van der Waals surface area contributed by atoms with Gasteiger partial charge in [0.15, 0.2) is 6.10 Å². The molecule has 6 heteroatoms. The Hall–Kier alpha value is -2.89. The number of carbonyl (C=O) groups is 3. The molecule has 442 valence electrons. The van der Waals surface area contributed by atoms with Crippen LogP contribution < -0.4 is 0 Å². The molecule has 0 N–H and O–H groups in total. The van der Waals surface area contributed by atoms with Crippen LogP contribution in [-0.4, -0.2) is 37.2 Å². The van der Waals surface area contributed by atoms with Gasteiger partial charge in [-0.15, -0.1) is 0 Å². The molecule has 0 aromatic carbocycles. The zero-order valence-corrected chi connectivity index (χ0v) is 50.8. The lowest BCUT2D eigenvalue weighted by Gasteiger charge is -2.18. The van der Waals surface area contributed by atoms with Crippen LogP contribution in [-0.2, 0) is 28.6 Å². The highest BCUT2D eigenvalue weighted by Crippen LogP contribution is 2.17. The Morgan fingerprint density at radius 2 is 0.513 bits per heavy atom. The van der Waals surface area contributed by atoms with Crippen LogP contribution in [0.2, 0.25) is 0 Å². The summed E-state index contributed by atoms with van der Waals surface area (Å²) in [6.45, 7) is 6.57. The molecule has 0 heterocycles. The Morgan fingerprint density at radius 3 is 0.816 bits per heavy atom. The van der Waals surface area contributed by atoms with Crippen LogP contribution in [0.4, 0.5) is 0 Å². The van der Waals surface area contributed by atoms with E-state index in [1.165, 1.54) is 225 Å².